The number of hydrogen-bond donors (Lipinski definition) is 2. The highest BCUT2D eigenvalue weighted by Gasteiger charge is 1.99. The lowest BCUT2D eigenvalue weighted by Gasteiger charge is -2.04. The van der Waals surface area contributed by atoms with E-state index in [1.54, 1.807) is 12.2 Å². The minimum absolute atomic E-state index is 0.0529. The van der Waals surface area contributed by atoms with Crippen LogP contribution in [0.4, 0.5) is 0 Å². The van der Waals surface area contributed by atoms with E-state index < -0.39 is 0 Å². The molecule has 116 valence electrons. The Kier molecular flexibility index (Phi) is 11.0. The van der Waals surface area contributed by atoms with Gasteiger partial charge < -0.3 is 10.2 Å². The van der Waals surface area contributed by atoms with Gasteiger partial charge in [0.15, 0.2) is 0 Å². The van der Waals surface area contributed by atoms with Crippen molar-refractivity contribution in [3.63, 3.8) is 0 Å². The van der Waals surface area contributed by atoms with Crippen LogP contribution in [0, 0.1) is 5.92 Å². The number of hydrogen-bond acceptors (Lipinski definition) is 2. The van der Waals surface area contributed by atoms with Gasteiger partial charge in [-0.15, -0.1) is 0 Å². The average Bonchev–Trinajstić information content (AvgIpc) is 2.41. The maximum Gasteiger partial charge on any atom is 0.0931 e. The van der Waals surface area contributed by atoms with Crippen LogP contribution in [-0.4, -0.2) is 16.8 Å². The lowest BCUT2D eigenvalue weighted by atomic mass is 10.1. The van der Waals surface area contributed by atoms with Gasteiger partial charge in [0.25, 0.3) is 0 Å². The van der Waals surface area contributed by atoms with Crippen LogP contribution in [0.1, 0.15) is 34.1 Å². The highest BCUT2D eigenvalue weighted by Crippen LogP contribution is 2.12. The quantitative estimate of drug-likeness (QED) is 0.486. The maximum absolute atomic E-state index is 9.89. The van der Waals surface area contributed by atoms with Crippen LogP contribution in [0.25, 0.3) is 0 Å². The van der Waals surface area contributed by atoms with Crippen LogP contribution in [0.2, 0.25) is 0 Å². The van der Waals surface area contributed by atoms with Crippen LogP contribution in [0.3, 0.4) is 0 Å². The number of rotatable bonds is 8. The first-order valence-electron chi connectivity index (χ1n) is 7.37. The van der Waals surface area contributed by atoms with Crippen molar-refractivity contribution in [3.05, 3.63) is 71.6 Å². The van der Waals surface area contributed by atoms with E-state index in [2.05, 4.69) is 13.8 Å². The maximum atomic E-state index is 9.89. The normalized spacial score (nSPS) is 15.2. The zero-order valence-electron chi connectivity index (χ0n) is 13.6. The van der Waals surface area contributed by atoms with E-state index in [-0.39, 0.29) is 6.61 Å². The van der Waals surface area contributed by atoms with Crippen molar-refractivity contribution in [1.82, 2.24) is 0 Å². The fourth-order valence-corrected chi connectivity index (χ4v) is 1.71. The smallest absolute Gasteiger partial charge is 0.0931 e. The van der Waals surface area contributed by atoms with Crippen LogP contribution in [0.15, 0.2) is 71.6 Å². The Morgan fingerprint density at radius 3 is 2.19 bits per heavy atom. The third-order valence-electron chi connectivity index (χ3n) is 2.59. The molecule has 0 aliphatic rings. The molecular formula is C19H28O2. The zero-order chi connectivity index (χ0) is 16.1. The second-order valence-corrected chi connectivity index (χ2v) is 5.15. The minimum atomic E-state index is -0.0529. The summed E-state index contributed by atoms with van der Waals surface area (Å²) in [5.41, 5.74) is 1.85. The molecule has 0 rings (SSSR count). The molecule has 0 saturated carbocycles. The molecule has 0 saturated heterocycles. The van der Waals surface area contributed by atoms with Gasteiger partial charge in [0.05, 0.1) is 12.4 Å². The van der Waals surface area contributed by atoms with Gasteiger partial charge in [-0.3, -0.25) is 0 Å². The first-order chi connectivity index (χ1) is 10.0. The van der Waals surface area contributed by atoms with E-state index in [0.717, 1.165) is 11.1 Å². The van der Waals surface area contributed by atoms with Crippen LogP contribution in [-0.2, 0) is 0 Å². The van der Waals surface area contributed by atoms with Crippen molar-refractivity contribution in [1.29, 1.82) is 0 Å². The average molecular weight is 288 g/mol. The van der Waals surface area contributed by atoms with Crippen molar-refractivity contribution in [2.75, 3.05) is 6.61 Å². The summed E-state index contributed by atoms with van der Waals surface area (Å²) in [6.45, 7) is 7.99. The molecule has 21 heavy (non-hydrogen) atoms. The van der Waals surface area contributed by atoms with Crippen LogP contribution < -0.4 is 0 Å². The second kappa shape index (κ2) is 12.0. The molecule has 0 amide bonds. The summed E-state index contributed by atoms with van der Waals surface area (Å²) in [6, 6.07) is 0. The van der Waals surface area contributed by atoms with Gasteiger partial charge in [0, 0.05) is 6.42 Å². The standard InChI is InChI=1S/C19H28O2/c1-5-7-9-17(8-6-2)10-11-18(12-13-20)15-19(21)14-16(3)4/h5-12,15-16,20-21H,13-14H2,1-4H3/b7-5-,8-6-,11-10-,17-9+,18-12-,19-15+. The Hall–Kier alpha value is -1.80. The largest absolute Gasteiger partial charge is 0.512 e. The van der Waals surface area contributed by atoms with E-state index in [9.17, 15) is 5.11 Å². The van der Waals surface area contributed by atoms with E-state index >= 15 is 0 Å². The lowest BCUT2D eigenvalue weighted by Crippen LogP contribution is -1.91. The van der Waals surface area contributed by atoms with Gasteiger partial charge in [-0.1, -0.05) is 62.5 Å². The molecule has 0 atom stereocenters. The van der Waals surface area contributed by atoms with Gasteiger partial charge in [-0.25, -0.2) is 0 Å². The Morgan fingerprint density at radius 2 is 1.67 bits per heavy atom. The molecule has 2 heteroatoms. The van der Waals surface area contributed by atoms with Crippen molar-refractivity contribution in [2.45, 2.75) is 34.1 Å². The molecular weight excluding hydrogens is 260 g/mol. The molecule has 0 radical (unpaired) electrons. The Labute approximate surface area is 129 Å². The van der Waals surface area contributed by atoms with Crippen molar-refractivity contribution >= 4 is 0 Å². The molecule has 2 nitrogen and oxygen atoms in total. The summed E-state index contributed by atoms with van der Waals surface area (Å²) in [4.78, 5) is 0. The topological polar surface area (TPSA) is 40.5 Å². The fourth-order valence-electron chi connectivity index (χ4n) is 1.71. The van der Waals surface area contributed by atoms with E-state index in [4.69, 9.17) is 5.11 Å². The van der Waals surface area contributed by atoms with Gasteiger partial charge in [0.2, 0.25) is 0 Å². The predicted molar refractivity (Wildman–Crippen MR) is 92.2 cm³/mol. The SMILES string of the molecule is C\C=C/C=C(\C=C/C)/C=C\C(=C\CO)\C=C(\O)CC(C)C. The Morgan fingerprint density at radius 1 is 1.00 bits per heavy atom. The summed E-state index contributed by atoms with van der Waals surface area (Å²) in [6.07, 6.45) is 17.8. The van der Waals surface area contributed by atoms with E-state index in [1.165, 1.54) is 0 Å². The highest BCUT2D eigenvalue weighted by molar-refractivity contribution is 5.40. The van der Waals surface area contributed by atoms with E-state index in [0.29, 0.717) is 18.1 Å². The van der Waals surface area contributed by atoms with Gasteiger partial charge in [-0.05, 0) is 37.0 Å². The molecule has 0 spiro atoms. The highest BCUT2D eigenvalue weighted by atomic mass is 16.3. The molecule has 2 N–H and O–H groups in total. The summed E-state index contributed by atoms with van der Waals surface area (Å²) < 4.78 is 0. The number of aliphatic hydroxyl groups excluding tert-OH is 2. The summed E-state index contributed by atoms with van der Waals surface area (Å²) in [5, 5.41) is 19.0. The molecule has 0 fully saturated rings. The molecule has 0 aliphatic carbocycles. The van der Waals surface area contributed by atoms with E-state index in [1.807, 2.05) is 56.4 Å². The van der Waals surface area contributed by atoms with Crippen molar-refractivity contribution < 1.29 is 10.2 Å². The van der Waals surface area contributed by atoms with Crippen LogP contribution >= 0.6 is 0 Å². The molecule has 0 aromatic rings. The molecule has 0 aliphatic heterocycles. The predicted octanol–water partition coefficient (Wildman–Crippen LogP) is 5.03. The minimum Gasteiger partial charge on any atom is -0.512 e. The number of aliphatic hydroxyl groups is 2. The van der Waals surface area contributed by atoms with Crippen LogP contribution in [0.5, 0.6) is 0 Å². The summed E-state index contributed by atoms with van der Waals surface area (Å²) in [5.74, 6) is 0.730. The second-order valence-electron chi connectivity index (χ2n) is 5.15. The molecule has 0 heterocycles. The Balaban J connectivity index is 5.15. The molecule has 0 aromatic heterocycles. The molecule has 0 bridgehead atoms. The Bertz CT molecular complexity index is 458. The van der Waals surface area contributed by atoms with Crippen molar-refractivity contribution in [2.24, 2.45) is 5.92 Å². The van der Waals surface area contributed by atoms with Gasteiger partial charge in [-0.2, -0.15) is 0 Å². The lowest BCUT2D eigenvalue weighted by molar-refractivity contribution is 0.342. The first-order valence-corrected chi connectivity index (χ1v) is 7.37. The molecule has 0 aromatic carbocycles. The van der Waals surface area contributed by atoms with Gasteiger partial charge in [0.1, 0.15) is 0 Å². The summed E-state index contributed by atoms with van der Waals surface area (Å²) in [7, 11) is 0. The van der Waals surface area contributed by atoms with Gasteiger partial charge >= 0.3 is 0 Å². The zero-order valence-corrected chi connectivity index (χ0v) is 13.6. The monoisotopic (exact) mass is 288 g/mol. The summed E-state index contributed by atoms with van der Waals surface area (Å²) >= 11 is 0. The third kappa shape index (κ3) is 10.6. The first kappa shape index (κ1) is 19.2. The third-order valence-corrected chi connectivity index (χ3v) is 2.59. The van der Waals surface area contributed by atoms with Crippen molar-refractivity contribution in [3.8, 4) is 0 Å². The molecule has 0 unspecified atom stereocenters. The fraction of sp³-hybridized carbons (Fsp3) is 0.368. The number of allylic oxidation sites excluding steroid dienone is 11.